The highest BCUT2D eigenvalue weighted by molar-refractivity contribution is 6.31. The summed E-state index contributed by atoms with van der Waals surface area (Å²) in [7, 11) is 0. The van der Waals surface area contributed by atoms with Crippen LogP contribution in [0.5, 0.6) is 0 Å². The molecule has 0 saturated heterocycles. The molecule has 0 spiro atoms. The van der Waals surface area contributed by atoms with Crippen molar-refractivity contribution in [1.82, 2.24) is 10.3 Å². The number of para-hydroxylation sites is 1. The number of carbonyl (C=O) groups excluding carboxylic acids is 1. The Labute approximate surface area is 144 Å². The van der Waals surface area contributed by atoms with Gasteiger partial charge in [-0.25, -0.2) is 4.39 Å². The molecule has 0 bridgehead atoms. The molecule has 3 nitrogen and oxygen atoms in total. The van der Waals surface area contributed by atoms with E-state index in [4.69, 9.17) is 11.6 Å². The molecule has 3 rings (SSSR count). The van der Waals surface area contributed by atoms with E-state index in [1.165, 1.54) is 12.3 Å². The molecule has 3 aromatic rings. The molecule has 0 saturated carbocycles. The second-order valence-corrected chi connectivity index (χ2v) is 6.11. The lowest BCUT2D eigenvalue weighted by Gasteiger charge is -2.15. The van der Waals surface area contributed by atoms with Gasteiger partial charge in [0.25, 0.3) is 5.91 Å². The van der Waals surface area contributed by atoms with Crippen molar-refractivity contribution in [3.05, 3.63) is 76.7 Å². The van der Waals surface area contributed by atoms with Crippen LogP contribution in [-0.2, 0) is 6.42 Å². The summed E-state index contributed by atoms with van der Waals surface area (Å²) in [5.41, 5.74) is 1.64. The van der Waals surface area contributed by atoms with E-state index in [1.807, 2.05) is 31.2 Å². The second-order valence-electron chi connectivity index (χ2n) is 5.71. The molecule has 0 aliphatic heterocycles. The number of halogens is 2. The first-order valence-corrected chi connectivity index (χ1v) is 8.01. The van der Waals surface area contributed by atoms with Crippen molar-refractivity contribution in [2.45, 2.75) is 19.4 Å². The maximum Gasteiger partial charge on any atom is 0.253 e. The minimum Gasteiger partial charge on any atom is -0.349 e. The Morgan fingerprint density at radius 2 is 2.04 bits per heavy atom. The zero-order valence-corrected chi connectivity index (χ0v) is 13.8. The molecule has 122 valence electrons. The zero-order chi connectivity index (χ0) is 17.1. The lowest BCUT2D eigenvalue weighted by Crippen LogP contribution is -2.34. The molecule has 5 heteroatoms. The maximum atomic E-state index is 13.6. The second kappa shape index (κ2) is 6.97. The molecular formula is C19H16ClFN2O. The molecule has 2 aromatic carbocycles. The lowest BCUT2D eigenvalue weighted by atomic mass is 10.1. The van der Waals surface area contributed by atoms with Crippen LogP contribution >= 0.6 is 11.6 Å². The summed E-state index contributed by atoms with van der Waals surface area (Å²) < 4.78 is 13.6. The van der Waals surface area contributed by atoms with Crippen molar-refractivity contribution in [2.24, 2.45) is 0 Å². The van der Waals surface area contributed by atoms with Gasteiger partial charge in [-0.15, -0.1) is 0 Å². The molecule has 1 atom stereocenters. The van der Waals surface area contributed by atoms with E-state index in [1.54, 1.807) is 18.2 Å². The summed E-state index contributed by atoms with van der Waals surface area (Å²) in [6, 6.07) is 13.8. The van der Waals surface area contributed by atoms with E-state index >= 15 is 0 Å². The van der Waals surface area contributed by atoms with Crippen molar-refractivity contribution >= 4 is 28.4 Å². The van der Waals surface area contributed by atoms with Crippen molar-refractivity contribution in [2.75, 3.05) is 0 Å². The average molecular weight is 343 g/mol. The standard InChI is InChI=1S/C19H16ClFN2O/c1-12(9-13-5-2-3-7-16(13)20)23-19(24)15-10-14-6-4-8-17(21)18(14)22-11-15/h2-8,10-12H,9H2,1H3,(H,23,24). The smallest absolute Gasteiger partial charge is 0.253 e. The molecule has 1 amide bonds. The number of hydrogen-bond acceptors (Lipinski definition) is 2. The Hall–Kier alpha value is -2.46. The molecule has 1 unspecified atom stereocenters. The predicted octanol–water partition coefficient (Wildman–Crippen LogP) is 4.39. The van der Waals surface area contributed by atoms with Gasteiger partial charge in [0.05, 0.1) is 5.56 Å². The van der Waals surface area contributed by atoms with E-state index in [0.717, 1.165) is 5.56 Å². The van der Waals surface area contributed by atoms with Gasteiger partial charge in [0.1, 0.15) is 11.3 Å². The van der Waals surface area contributed by atoms with Crippen LogP contribution in [0.15, 0.2) is 54.7 Å². The minimum absolute atomic E-state index is 0.0967. The molecule has 0 fully saturated rings. The van der Waals surface area contributed by atoms with Crippen LogP contribution < -0.4 is 5.32 Å². The first kappa shape index (κ1) is 16.4. The van der Waals surface area contributed by atoms with Gasteiger partial charge in [-0.1, -0.05) is 41.9 Å². The first-order valence-electron chi connectivity index (χ1n) is 7.63. The van der Waals surface area contributed by atoms with Gasteiger partial charge in [0, 0.05) is 22.6 Å². The molecular weight excluding hydrogens is 327 g/mol. The van der Waals surface area contributed by atoms with Gasteiger partial charge in [-0.05, 0) is 37.1 Å². The summed E-state index contributed by atoms with van der Waals surface area (Å²) in [4.78, 5) is 16.4. The molecule has 0 aliphatic carbocycles. The average Bonchev–Trinajstić information content (AvgIpc) is 2.57. The molecule has 0 aliphatic rings. The fraction of sp³-hybridized carbons (Fsp3) is 0.158. The third-order valence-electron chi connectivity index (χ3n) is 3.79. The van der Waals surface area contributed by atoms with E-state index in [9.17, 15) is 9.18 Å². The van der Waals surface area contributed by atoms with Crippen LogP contribution in [0.4, 0.5) is 4.39 Å². The third kappa shape index (κ3) is 3.54. The van der Waals surface area contributed by atoms with Crippen LogP contribution in [-0.4, -0.2) is 16.9 Å². The Balaban J connectivity index is 1.74. The number of amides is 1. The fourth-order valence-corrected chi connectivity index (χ4v) is 2.81. The highest BCUT2D eigenvalue weighted by atomic mass is 35.5. The summed E-state index contributed by atoms with van der Waals surface area (Å²) in [5.74, 6) is -0.639. The van der Waals surface area contributed by atoms with Crippen molar-refractivity contribution < 1.29 is 9.18 Å². The molecule has 1 aromatic heterocycles. The maximum absolute atomic E-state index is 13.6. The summed E-state index contributed by atoms with van der Waals surface area (Å²) in [6.07, 6.45) is 2.02. The number of nitrogens with zero attached hydrogens (tertiary/aromatic N) is 1. The molecule has 1 N–H and O–H groups in total. The SMILES string of the molecule is CC(Cc1ccccc1Cl)NC(=O)c1cnc2c(F)cccc2c1. The van der Waals surface area contributed by atoms with Crippen LogP contribution in [0.25, 0.3) is 10.9 Å². The normalized spacial score (nSPS) is 12.1. The van der Waals surface area contributed by atoms with E-state index in [0.29, 0.717) is 22.4 Å². The van der Waals surface area contributed by atoms with Crippen molar-refractivity contribution in [3.63, 3.8) is 0 Å². The van der Waals surface area contributed by atoms with Gasteiger partial charge in [0.15, 0.2) is 0 Å². The number of aromatic nitrogens is 1. The highest BCUT2D eigenvalue weighted by Gasteiger charge is 2.13. The topological polar surface area (TPSA) is 42.0 Å². The van der Waals surface area contributed by atoms with Gasteiger partial charge in [-0.3, -0.25) is 9.78 Å². The van der Waals surface area contributed by atoms with E-state index < -0.39 is 5.82 Å². The monoisotopic (exact) mass is 342 g/mol. The fourth-order valence-electron chi connectivity index (χ4n) is 2.60. The van der Waals surface area contributed by atoms with E-state index in [2.05, 4.69) is 10.3 Å². The van der Waals surface area contributed by atoms with Crippen LogP contribution in [0.3, 0.4) is 0 Å². The summed E-state index contributed by atoms with van der Waals surface area (Å²) in [5, 5.41) is 4.20. The van der Waals surface area contributed by atoms with E-state index in [-0.39, 0.29) is 17.5 Å². The van der Waals surface area contributed by atoms with Gasteiger partial charge in [-0.2, -0.15) is 0 Å². The van der Waals surface area contributed by atoms with Gasteiger partial charge < -0.3 is 5.32 Å². The number of pyridine rings is 1. The summed E-state index contributed by atoms with van der Waals surface area (Å²) >= 11 is 6.14. The molecule has 24 heavy (non-hydrogen) atoms. The van der Waals surface area contributed by atoms with Crippen molar-refractivity contribution in [3.8, 4) is 0 Å². The van der Waals surface area contributed by atoms with Crippen LogP contribution in [0.1, 0.15) is 22.8 Å². The number of benzene rings is 2. The van der Waals surface area contributed by atoms with Crippen LogP contribution in [0.2, 0.25) is 5.02 Å². The molecule has 1 heterocycles. The predicted molar refractivity (Wildman–Crippen MR) is 93.8 cm³/mol. The minimum atomic E-state index is -0.397. The zero-order valence-electron chi connectivity index (χ0n) is 13.1. The van der Waals surface area contributed by atoms with Gasteiger partial charge >= 0.3 is 0 Å². The molecule has 0 radical (unpaired) electrons. The Kier molecular flexibility index (Phi) is 4.76. The van der Waals surface area contributed by atoms with Crippen LogP contribution in [0, 0.1) is 5.82 Å². The number of nitrogens with one attached hydrogen (secondary N) is 1. The quantitative estimate of drug-likeness (QED) is 0.764. The van der Waals surface area contributed by atoms with Crippen molar-refractivity contribution in [1.29, 1.82) is 0 Å². The largest absolute Gasteiger partial charge is 0.349 e. The number of hydrogen-bond donors (Lipinski definition) is 1. The summed E-state index contributed by atoms with van der Waals surface area (Å²) in [6.45, 7) is 1.91. The Morgan fingerprint density at radius 1 is 1.25 bits per heavy atom. The third-order valence-corrected chi connectivity index (χ3v) is 4.15. The number of fused-ring (bicyclic) bond motifs is 1. The number of carbonyl (C=O) groups is 1. The number of rotatable bonds is 4. The Bertz CT molecular complexity index is 897. The Morgan fingerprint density at radius 3 is 2.83 bits per heavy atom. The highest BCUT2D eigenvalue weighted by Crippen LogP contribution is 2.18. The van der Waals surface area contributed by atoms with Gasteiger partial charge in [0.2, 0.25) is 0 Å². The first-order chi connectivity index (χ1) is 11.5. The lowest BCUT2D eigenvalue weighted by molar-refractivity contribution is 0.0940.